The van der Waals surface area contributed by atoms with Crippen LogP contribution >= 0.6 is 0 Å². The van der Waals surface area contributed by atoms with Crippen LogP contribution in [-0.2, 0) is 11.3 Å². The van der Waals surface area contributed by atoms with Gasteiger partial charge in [0.15, 0.2) is 0 Å². The third-order valence-corrected chi connectivity index (χ3v) is 5.50. The second kappa shape index (κ2) is 7.98. The zero-order chi connectivity index (χ0) is 20.4. The number of hydrogen-bond donors (Lipinski definition) is 1. The van der Waals surface area contributed by atoms with Crippen LogP contribution in [0.15, 0.2) is 52.9 Å². The van der Waals surface area contributed by atoms with Gasteiger partial charge in [0, 0.05) is 23.9 Å². The van der Waals surface area contributed by atoms with Gasteiger partial charge in [0.05, 0.1) is 23.9 Å². The van der Waals surface area contributed by atoms with Crippen molar-refractivity contribution in [2.24, 2.45) is 0 Å². The van der Waals surface area contributed by atoms with E-state index in [2.05, 4.69) is 22.2 Å². The molecule has 1 aromatic heterocycles. The summed E-state index contributed by atoms with van der Waals surface area (Å²) in [5.41, 5.74) is 1.75. The van der Waals surface area contributed by atoms with Gasteiger partial charge in [-0.3, -0.25) is 4.79 Å². The van der Waals surface area contributed by atoms with Crippen LogP contribution in [0.1, 0.15) is 42.8 Å². The largest absolute Gasteiger partial charge is 0.481 e. The number of rotatable bonds is 5. The first-order valence-electron chi connectivity index (χ1n) is 9.84. The van der Waals surface area contributed by atoms with Crippen molar-refractivity contribution in [1.29, 1.82) is 5.26 Å². The number of benzene rings is 2. The lowest BCUT2D eigenvalue weighted by Gasteiger charge is -2.40. The summed E-state index contributed by atoms with van der Waals surface area (Å²) in [7, 11) is 0. The van der Waals surface area contributed by atoms with Gasteiger partial charge in [-0.1, -0.05) is 24.3 Å². The van der Waals surface area contributed by atoms with Gasteiger partial charge in [0.25, 0.3) is 0 Å². The fraction of sp³-hybridized carbons (Fsp3) is 0.304. The molecule has 0 aliphatic carbocycles. The van der Waals surface area contributed by atoms with Crippen molar-refractivity contribution >= 4 is 22.4 Å². The Kier molecular flexibility index (Phi) is 5.24. The molecule has 6 heteroatoms. The maximum absolute atomic E-state index is 11.2. The molecule has 3 aromatic rings. The molecular weight excluding hydrogens is 366 g/mol. The summed E-state index contributed by atoms with van der Waals surface area (Å²) in [6.07, 6.45) is 2.17. The Labute approximate surface area is 169 Å². The summed E-state index contributed by atoms with van der Waals surface area (Å²) in [6.45, 7) is 3.97. The van der Waals surface area contributed by atoms with Gasteiger partial charge in [-0.25, -0.2) is 5.01 Å². The van der Waals surface area contributed by atoms with E-state index >= 15 is 0 Å². The molecule has 1 unspecified atom stereocenters. The lowest BCUT2D eigenvalue weighted by atomic mass is 10.0. The summed E-state index contributed by atoms with van der Waals surface area (Å²) in [5.74, 6) is -0.337. The summed E-state index contributed by atoms with van der Waals surface area (Å²) >= 11 is 0. The lowest BCUT2D eigenvalue weighted by molar-refractivity contribution is -0.138. The van der Waals surface area contributed by atoms with Gasteiger partial charge >= 0.3 is 5.97 Å². The van der Waals surface area contributed by atoms with E-state index in [1.165, 1.54) is 0 Å². The molecule has 0 saturated carbocycles. The van der Waals surface area contributed by atoms with E-state index < -0.39 is 11.9 Å². The minimum absolute atomic E-state index is 0.472. The standard InChI is InChI=1S/C23H23N3O3/c1-16(23(27)28)22-11-9-18(29-22)15-25-12-4-5-13-26(25)21-10-8-17(14-24)19-6-2-3-7-20(19)21/h2-3,6-11,16H,4-5,12-13,15H2,1H3,(H,27,28). The second-order valence-electron chi connectivity index (χ2n) is 7.37. The van der Waals surface area contributed by atoms with E-state index in [0.717, 1.165) is 48.2 Å². The number of carbonyl (C=O) groups is 1. The number of carboxylic acid groups (broad SMARTS) is 1. The van der Waals surface area contributed by atoms with Gasteiger partial charge in [0.2, 0.25) is 0 Å². The van der Waals surface area contributed by atoms with Crippen molar-refractivity contribution in [1.82, 2.24) is 5.01 Å². The van der Waals surface area contributed by atoms with E-state index in [0.29, 0.717) is 17.9 Å². The van der Waals surface area contributed by atoms with Crippen molar-refractivity contribution in [3.8, 4) is 6.07 Å². The molecule has 6 nitrogen and oxygen atoms in total. The molecule has 0 amide bonds. The minimum Gasteiger partial charge on any atom is -0.481 e. The van der Waals surface area contributed by atoms with Crippen LogP contribution in [0.5, 0.6) is 0 Å². The Hall–Kier alpha value is -3.30. The Morgan fingerprint density at radius 2 is 1.90 bits per heavy atom. The number of furan rings is 1. The monoisotopic (exact) mass is 389 g/mol. The maximum atomic E-state index is 11.2. The quantitative estimate of drug-likeness (QED) is 0.691. The molecule has 0 spiro atoms. The fourth-order valence-corrected chi connectivity index (χ4v) is 3.87. The zero-order valence-electron chi connectivity index (χ0n) is 16.3. The van der Waals surface area contributed by atoms with E-state index in [9.17, 15) is 15.2 Å². The molecule has 2 heterocycles. The molecule has 29 heavy (non-hydrogen) atoms. The van der Waals surface area contributed by atoms with Crippen LogP contribution in [0.2, 0.25) is 0 Å². The van der Waals surface area contributed by atoms with Gasteiger partial charge in [0.1, 0.15) is 17.4 Å². The highest BCUT2D eigenvalue weighted by Gasteiger charge is 2.24. The normalized spacial score (nSPS) is 15.9. The van der Waals surface area contributed by atoms with Crippen molar-refractivity contribution in [2.75, 3.05) is 18.1 Å². The average Bonchev–Trinajstić information content (AvgIpc) is 3.21. The van der Waals surface area contributed by atoms with Crippen molar-refractivity contribution in [3.05, 3.63) is 65.6 Å². The topological polar surface area (TPSA) is 80.7 Å². The second-order valence-corrected chi connectivity index (χ2v) is 7.37. The molecule has 2 aromatic carbocycles. The lowest BCUT2D eigenvalue weighted by Crippen LogP contribution is -2.47. The summed E-state index contributed by atoms with van der Waals surface area (Å²) < 4.78 is 5.83. The maximum Gasteiger partial charge on any atom is 0.313 e. The molecule has 4 rings (SSSR count). The number of hydrazine groups is 1. The highest BCUT2D eigenvalue weighted by molar-refractivity contribution is 5.97. The predicted octanol–water partition coefficient (Wildman–Crippen LogP) is 4.51. The number of aliphatic carboxylic acids is 1. The first-order valence-corrected chi connectivity index (χ1v) is 9.84. The van der Waals surface area contributed by atoms with Gasteiger partial charge < -0.3 is 14.5 Å². The molecular formula is C23H23N3O3. The Balaban J connectivity index is 1.65. The molecule has 1 atom stereocenters. The first-order chi connectivity index (χ1) is 14.1. The van der Waals surface area contributed by atoms with Crippen molar-refractivity contribution in [3.63, 3.8) is 0 Å². The molecule has 1 saturated heterocycles. The third kappa shape index (κ3) is 3.69. The van der Waals surface area contributed by atoms with Gasteiger partial charge in [-0.15, -0.1) is 0 Å². The van der Waals surface area contributed by atoms with Gasteiger partial charge in [-0.05, 0) is 44.0 Å². The number of fused-ring (bicyclic) bond motifs is 1. The zero-order valence-corrected chi connectivity index (χ0v) is 16.3. The van der Waals surface area contributed by atoms with Crippen LogP contribution in [0.3, 0.4) is 0 Å². The molecule has 1 N–H and O–H groups in total. The van der Waals surface area contributed by atoms with Crippen LogP contribution in [0.4, 0.5) is 5.69 Å². The Morgan fingerprint density at radius 3 is 2.66 bits per heavy atom. The van der Waals surface area contributed by atoms with Gasteiger partial charge in [-0.2, -0.15) is 5.26 Å². The van der Waals surface area contributed by atoms with E-state index in [1.807, 2.05) is 36.4 Å². The van der Waals surface area contributed by atoms with Crippen LogP contribution in [0.25, 0.3) is 10.8 Å². The summed E-state index contributed by atoms with van der Waals surface area (Å²) in [6, 6.07) is 17.8. The highest BCUT2D eigenvalue weighted by Crippen LogP contribution is 2.32. The highest BCUT2D eigenvalue weighted by atomic mass is 16.4. The number of carboxylic acids is 1. The molecule has 1 aliphatic heterocycles. The SMILES string of the molecule is CC(C(=O)O)c1ccc(CN2CCCCN2c2ccc(C#N)c3ccccc23)o1. The molecule has 148 valence electrons. The summed E-state index contributed by atoms with van der Waals surface area (Å²) in [4.78, 5) is 11.2. The number of nitrogens with zero attached hydrogens (tertiary/aromatic N) is 3. The van der Waals surface area contributed by atoms with E-state index in [1.54, 1.807) is 13.0 Å². The first kappa shape index (κ1) is 19.0. The number of nitriles is 1. The van der Waals surface area contributed by atoms with E-state index in [-0.39, 0.29) is 0 Å². The minimum atomic E-state index is -0.894. The molecule has 0 bridgehead atoms. The van der Waals surface area contributed by atoms with E-state index in [4.69, 9.17) is 4.42 Å². The summed E-state index contributed by atoms with van der Waals surface area (Å²) in [5, 5.41) is 25.1. The Morgan fingerprint density at radius 1 is 1.14 bits per heavy atom. The molecule has 1 fully saturated rings. The van der Waals surface area contributed by atoms with Crippen LogP contribution < -0.4 is 5.01 Å². The van der Waals surface area contributed by atoms with Crippen LogP contribution in [0, 0.1) is 11.3 Å². The van der Waals surface area contributed by atoms with Crippen molar-refractivity contribution < 1.29 is 14.3 Å². The average molecular weight is 389 g/mol. The number of anilines is 1. The fourth-order valence-electron chi connectivity index (χ4n) is 3.87. The van der Waals surface area contributed by atoms with Crippen molar-refractivity contribution in [2.45, 2.75) is 32.2 Å². The molecule has 1 aliphatic rings. The van der Waals surface area contributed by atoms with Crippen LogP contribution in [-0.4, -0.2) is 29.2 Å². The third-order valence-electron chi connectivity index (χ3n) is 5.50. The smallest absolute Gasteiger partial charge is 0.313 e. The number of hydrogen-bond acceptors (Lipinski definition) is 5. The Bertz CT molecular complexity index is 1080. The molecule has 0 radical (unpaired) electrons. The predicted molar refractivity (Wildman–Crippen MR) is 110 cm³/mol.